The van der Waals surface area contributed by atoms with Crippen molar-refractivity contribution in [3.63, 3.8) is 0 Å². The second kappa shape index (κ2) is 6.78. The summed E-state index contributed by atoms with van der Waals surface area (Å²) in [6.45, 7) is 5.47. The van der Waals surface area contributed by atoms with Crippen LogP contribution in [0.25, 0.3) is 0 Å². The van der Waals surface area contributed by atoms with E-state index in [2.05, 4.69) is 15.6 Å². The molecule has 1 heterocycles. The predicted molar refractivity (Wildman–Crippen MR) is 91.1 cm³/mol. The SMILES string of the molecule is COc1cc(C(=O)Nc2nccs2)ccc1NC(=O)C(C)(C)C. The van der Waals surface area contributed by atoms with Gasteiger partial charge in [-0.15, -0.1) is 11.3 Å². The molecule has 0 aliphatic rings. The van der Waals surface area contributed by atoms with E-state index >= 15 is 0 Å². The third-order valence-electron chi connectivity index (χ3n) is 3.05. The average molecular weight is 333 g/mol. The van der Waals surface area contributed by atoms with Gasteiger partial charge in [0.25, 0.3) is 5.91 Å². The number of anilines is 2. The molecule has 0 bridgehead atoms. The number of thiazole rings is 1. The number of rotatable bonds is 4. The van der Waals surface area contributed by atoms with Crippen molar-refractivity contribution in [2.75, 3.05) is 17.7 Å². The maximum absolute atomic E-state index is 12.2. The average Bonchev–Trinajstić information content (AvgIpc) is 2.99. The fourth-order valence-corrected chi connectivity index (χ4v) is 2.22. The van der Waals surface area contributed by atoms with Crippen LogP contribution < -0.4 is 15.4 Å². The maximum atomic E-state index is 12.2. The normalized spacial score (nSPS) is 11.0. The van der Waals surface area contributed by atoms with E-state index in [1.54, 1.807) is 29.8 Å². The quantitative estimate of drug-likeness (QED) is 0.899. The molecule has 0 atom stereocenters. The maximum Gasteiger partial charge on any atom is 0.257 e. The minimum absolute atomic E-state index is 0.129. The number of methoxy groups -OCH3 is 1. The lowest BCUT2D eigenvalue weighted by Crippen LogP contribution is -2.27. The molecule has 2 rings (SSSR count). The Balaban J connectivity index is 2.19. The third kappa shape index (κ3) is 4.29. The molecule has 2 N–H and O–H groups in total. The fraction of sp³-hybridized carbons (Fsp3) is 0.312. The van der Waals surface area contributed by atoms with E-state index in [1.165, 1.54) is 18.4 Å². The van der Waals surface area contributed by atoms with Crippen LogP contribution in [-0.4, -0.2) is 23.9 Å². The Morgan fingerprint density at radius 2 is 1.96 bits per heavy atom. The van der Waals surface area contributed by atoms with Gasteiger partial charge in [0.2, 0.25) is 5.91 Å². The van der Waals surface area contributed by atoms with Crippen LogP contribution in [-0.2, 0) is 4.79 Å². The van der Waals surface area contributed by atoms with Crippen molar-refractivity contribution >= 4 is 34.0 Å². The lowest BCUT2D eigenvalue weighted by molar-refractivity contribution is -0.123. The summed E-state index contributed by atoms with van der Waals surface area (Å²) in [6, 6.07) is 4.87. The number of carbonyl (C=O) groups is 2. The van der Waals surface area contributed by atoms with Crippen molar-refractivity contribution in [1.82, 2.24) is 4.98 Å². The molecular formula is C16H19N3O3S. The van der Waals surface area contributed by atoms with E-state index in [-0.39, 0.29) is 11.8 Å². The van der Waals surface area contributed by atoms with Crippen LogP contribution in [0.5, 0.6) is 5.75 Å². The number of aromatic nitrogens is 1. The number of hydrogen-bond acceptors (Lipinski definition) is 5. The van der Waals surface area contributed by atoms with Gasteiger partial charge in [0.1, 0.15) is 5.75 Å². The van der Waals surface area contributed by atoms with E-state index in [1.807, 2.05) is 20.8 Å². The lowest BCUT2D eigenvalue weighted by Gasteiger charge is -2.19. The Hall–Kier alpha value is -2.41. The van der Waals surface area contributed by atoms with Gasteiger partial charge in [-0.1, -0.05) is 20.8 Å². The third-order valence-corrected chi connectivity index (χ3v) is 3.73. The molecule has 122 valence electrons. The highest BCUT2D eigenvalue weighted by molar-refractivity contribution is 7.13. The second-order valence-electron chi connectivity index (χ2n) is 5.91. The highest BCUT2D eigenvalue weighted by atomic mass is 32.1. The van der Waals surface area contributed by atoms with Crippen molar-refractivity contribution in [3.8, 4) is 5.75 Å². The molecule has 2 amide bonds. The molecule has 2 aromatic rings. The molecule has 7 heteroatoms. The van der Waals surface area contributed by atoms with Gasteiger partial charge < -0.3 is 10.1 Å². The fourth-order valence-electron chi connectivity index (χ4n) is 1.70. The van der Waals surface area contributed by atoms with Gasteiger partial charge in [0.05, 0.1) is 12.8 Å². The summed E-state index contributed by atoms with van der Waals surface area (Å²) in [6.07, 6.45) is 1.62. The Kier molecular flexibility index (Phi) is 5.00. The van der Waals surface area contributed by atoms with Gasteiger partial charge in [0, 0.05) is 22.6 Å². The Bertz CT molecular complexity index is 706. The van der Waals surface area contributed by atoms with Crippen LogP contribution in [0.1, 0.15) is 31.1 Å². The molecule has 0 spiro atoms. The van der Waals surface area contributed by atoms with Gasteiger partial charge in [-0.25, -0.2) is 4.98 Å². The summed E-state index contributed by atoms with van der Waals surface area (Å²) < 4.78 is 5.28. The van der Waals surface area contributed by atoms with Gasteiger partial charge >= 0.3 is 0 Å². The van der Waals surface area contributed by atoms with Crippen LogP contribution in [0, 0.1) is 5.41 Å². The number of ether oxygens (including phenoxy) is 1. The molecule has 0 aliphatic carbocycles. The van der Waals surface area contributed by atoms with Crippen LogP contribution in [0.3, 0.4) is 0 Å². The van der Waals surface area contributed by atoms with E-state index in [0.29, 0.717) is 22.1 Å². The van der Waals surface area contributed by atoms with Crippen molar-refractivity contribution < 1.29 is 14.3 Å². The zero-order chi connectivity index (χ0) is 17.0. The van der Waals surface area contributed by atoms with Crippen molar-refractivity contribution in [2.24, 2.45) is 5.41 Å². The van der Waals surface area contributed by atoms with Crippen LogP contribution in [0.4, 0.5) is 10.8 Å². The van der Waals surface area contributed by atoms with E-state index in [4.69, 9.17) is 4.74 Å². The summed E-state index contributed by atoms with van der Waals surface area (Å²) in [5, 5.41) is 7.81. The zero-order valence-electron chi connectivity index (χ0n) is 13.5. The summed E-state index contributed by atoms with van der Waals surface area (Å²) in [7, 11) is 1.49. The second-order valence-corrected chi connectivity index (χ2v) is 6.81. The van der Waals surface area contributed by atoms with Gasteiger partial charge in [0.15, 0.2) is 5.13 Å². The molecule has 1 aromatic carbocycles. The van der Waals surface area contributed by atoms with Crippen LogP contribution in [0.2, 0.25) is 0 Å². The first-order chi connectivity index (χ1) is 10.8. The Morgan fingerprint density at radius 1 is 1.22 bits per heavy atom. The molecule has 6 nitrogen and oxygen atoms in total. The first kappa shape index (κ1) is 17.0. The van der Waals surface area contributed by atoms with Crippen LogP contribution in [0.15, 0.2) is 29.8 Å². The molecule has 23 heavy (non-hydrogen) atoms. The van der Waals surface area contributed by atoms with E-state index in [9.17, 15) is 9.59 Å². The molecule has 0 radical (unpaired) electrons. The van der Waals surface area contributed by atoms with E-state index < -0.39 is 5.41 Å². The van der Waals surface area contributed by atoms with Crippen molar-refractivity contribution in [1.29, 1.82) is 0 Å². The molecule has 0 unspecified atom stereocenters. The Labute approximate surface area is 138 Å². The summed E-state index contributed by atoms with van der Waals surface area (Å²) in [5.74, 6) is 0.0112. The largest absolute Gasteiger partial charge is 0.495 e. The zero-order valence-corrected chi connectivity index (χ0v) is 14.3. The minimum atomic E-state index is -0.522. The number of nitrogens with one attached hydrogen (secondary N) is 2. The number of benzene rings is 1. The van der Waals surface area contributed by atoms with Gasteiger partial charge in [-0.2, -0.15) is 0 Å². The first-order valence-corrected chi connectivity index (χ1v) is 7.89. The number of nitrogens with zero attached hydrogens (tertiary/aromatic N) is 1. The summed E-state index contributed by atoms with van der Waals surface area (Å²) >= 11 is 1.34. The molecule has 0 aliphatic heterocycles. The monoisotopic (exact) mass is 333 g/mol. The van der Waals surface area contributed by atoms with E-state index in [0.717, 1.165) is 0 Å². The molecular weight excluding hydrogens is 314 g/mol. The predicted octanol–water partition coefficient (Wildman–Crippen LogP) is 3.39. The number of carbonyl (C=O) groups excluding carboxylic acids is 2. The number of amides is 2. The van der Waals surface area contributed by atoms with Gasteiger partial charge in [-0.3, -0.25) is 14.9 Å². The standard InChI is InChI=1S/C16H19N3O3S/c1-16(2,3)14(21)18-11-6-5-10(9-12(11)22-4)13(20)19-15-17-7-8-23-15/h5-9H,1-4H3,(H,18,21)(H,17,19,20). The molecule has 1 aromatic heterocycles. The smallest absolute Gasteiger partial charge is 0.257 e. The van der Waals surface area contributed by atoms with Crippen LogP contribution >= 0.6 is 11.3 Å². The highest BCUT2D eigenvalue weighted by Gasteiger charge is 2.22. The summed E-state index contributed by atoms with van der Waals surface area (Å²) in [5.41, 5.74) is 0.426. The minimum Gasteiger partial charge on any atom is -0.495 e. The highest BCUT2D eigenvalue weighted by Crippen LogP contribution is 2.28. The van der Waals surface area contributed by atoms with Gasteiger partial charge in [-0.05, 0) is 18.2 Å². The first-order valence-electron chi connectivity index (χ1n) is 7.01. The molecule has 0 fully saturated rings. The van der Waals surface area contributed by atoms with Crippen molar-refractivity contribution in [3.05, 3.63) is 35.3 Å². The Morgan fingerprint density at radius 3 is 2.52 bits per heavy atom. The lowest BCUT2D eigenvalue weighted by atomic mass is 9.95. The van der Waals surface area contributed by atoms with Crippen molar-refractivity contribution in [2.45, 2.75) is 20.8 Å². The summed E-state index contributed by atoms with van der Waals surface area (Å²) in [4.78, 5) is 28.3. The molecule has 0 saturated heterocycles. The number of hydrogen-bond donors (Lipinski definition) is 2. The molecule has 0 saturated carbocycles. The topological polar surface area (TPSA) is 80.3 Å².